The molecule has 0 aromatic heterocycles. The molecule has 3 rings (SSSR count). The molecule has 2 N–H and O–H groups in total. The molecule has 0 aliphatic carbocycles. The summed E-state index contributed by atoms with van der Waals surface area (Å²) in [5, 5.41) is 5.49. The molecule has 4 nitrogen and oxygen atoms in total. The maximum atomic E-state index is 14.0. The Bertz CT molecular complexity index is 710. The Balaban J connectivity index is 1.85. The summed E-state index contributed by atoms with van der Waals surface area (Å²) in [6.45, 7) is 0.966. The van der Waals surface area contributed by atoms with Gasteiger partial charge in [-0.3, -0.25) is 14.9 Å². The highest BCUT2D eigenvalue weighted by Crippen LogP contribution is 2.29. The van der Waals surface area contributed by atoms with Gasteiger partial charge in [-0.15, -0.1) is 0 Å². The van der Waals surface area contributed by atoms with Crippen LogP contribution >= 0.6 is 27.9 Å². The van der Waals surface area contributed by atoms with Crippen molar-refractivity contribution in [2.45, 2.75) is 4.90 Å². The Labute approximate surface area is 140 Å². The number of nitrogens with two attached hydrogens (primary N) is 1. The van der Waals surface area contributed by atoms with Gasteiger partial charge in [0.1, 0.15) is 5.82 Å². The lowest BCUT2D eigenvalue weighted by atomic mass is 10.3. The number of hydrogen-bond acceptors (Lipinski definition) is 3. The van der Waals surface area contributed by atoms with Crippen LogP contribution in [-0.2, 0) is 0 Å². The number of nitrogens with zero attached hydrogens (tertiary/aromatic N) is 2. The third kappa shape index (κ3) is 2.84. The van der Waals surface area contributed by atoms with E-state index in [-0.39, 0.29) is 6.03 Å². The van der Waals surface area contributed by atoms with Gasteiger partial charge in [-0.25, -0.2) is 9.18 Å². The van der Waals surface area contributed by atoms with Crippen molar-refractivity contribution >= 4 is 45.3 Å². The Morgan fingerprint density at radius 1 is 1.09 bits per heavy atom. The van der Waals surface area contributed by atoms with Gasteiger partial charge < -0.3 is 0 Å². The highest BCUT2D eigenvalue weighted by atomic mass is 79.9. The lowest BCUT2D eigenvalue weighted by Crippen LogP contribution is -2.32. The second kappa shape index (κ2) is 6.28. The number of carbonyl (C=O) groups is 1. The molecule has 7 heteroatoms. The Kier molecular flexibility index (Phi) is 4.37. The largest absolute Gasteiger partial charge is 0.329 e. The minimum Gasteiger partial charge on any atom is -0.292 e. The standard InChI is InChI=1S/C15H13BrFN3OS/c16-10-1-6-14(13(17)9-10)20-8-7-19(15(20)21)11-2-4-12(22-18)5-3-11/h1-6,9H,7-8,18H2. The van der Waals surface area contributed by atoms with Crippen LogP contribution in [0, 0.1) is 5.82 Å². The van der Waals surface area contributed by atoms with E-state index in [9.17, 15) is 9.18 Å². The van der Waals surface area contributed by atoms with E-state index in [4.69, 9.17) is 5.14 Å². The molecule has 2 amide bonds. The van der Waals surface area contributed by atoms with E-state index >= 15 is 0 Å². The molecule has 1 heterocycles. The van der Waals surface area contributed by atoms with E-state index in [1.165, 1.54) is 11.0 Å². The van der Waals surface area contributed by atoms with Crippen LogP contribution < -0.4 is 14.9 Å². The van der Waals surface area contributed by atoms with Gasteiger partial charge in [-0.05, 0) is 54.4 Å². The third-order valence-electron chi connectivity index (χ3n) is 3.49. The van der Waals surface area contributed by atoms with Crippen molar-refractivity contribution < 1.29 is 9.18 Å². The first kappa shape index (κ1) is 15.3. The summed E-state index contributed by atoms with van der Waals surface area (Å²) in [6, 6.07) is 11.9. The Morgan fingerprint density at radius 2 is 1.77 bits per heavy atom. The molecule has 0 spiro atoms. The molecule has 0 unspecified atom stereocenters. The predicted molar refractivity (Wildman–Crippen MR) is 90.7 cm³/mol. The molecule has 2 aromatic carbocycles. The minimum atomic E-state index is -0.417. The van der Waals surface area contributed by atoms with E-state index in [1.54, 1.807) is 17.0 Å². The first-order chi connectivity index (χ1) is 10.6. The van der Waals surface area contributed by atoms with E-state index in [1.807, 2.05) is 24.3 Å². The number of halogens is 2. The third-order valence-corrected chi connectivity index (χ3v) is 4.53. The average Bonchev–Trinajstić information content (AvgIpc) is 2.89. The van der Waals surface area contributed by atoms with Crippen molar-refractivity contribution in [1.82, 2.24) is 0 Å². The number of urea groups is 1. The number of carbonyl (C=O) groups excluding carboxylic acids is 1. The molecule has 0 bridgehead atoms. The second-order valence-corrected chi connectivity index (χ2v) is 6.42. The molecular formula is C15H13BrFN3OS. The van der Waals surface area contributed by atoms with Crippen molar-refractivity contribution in [2.75, 3.05) is 22.9 Å². The van der Waals surface area contributed by atoms with Gasteiger partial charge in [-0.1, -0.05) is 15.9 Å². The van der Waals surface area contributed by atoms with E-state index < -0.39 is 5.82 Å². The molecule has 114 valence electrons. The molecule has 1 fully saturated rings. The highest BCUT2D eigenvalue weighted by molar-refractivity contribution is 9.10. The van der Waals surface area contributed by atoms with E-state index in [2.05, 4.69) is 15.9 Å². The van der Waals surface area contributed by atoms with Crippen molar-refractivity contribution in [3.8, 4) is 0 Å². The van der Waals surface area contributed by atoms with Crippen LogP contribution in [0.5, 0.6) is 0 Å². The normalized spacial score (nSPS) is 14.8. The average molecular weight is 382 g/mol. The second-order valence-electron chi connectivity index (χ2n) is 4.79. The molecule has 0 saturated carbocycles. The smallest absolute Gasteiger partial charge is 0.292 e. The first-order valence-electron chi connectivity index (χ1n) is 6.61. The fourth-order valence-corrected chi connectivity index (χ4v) is 3.03. The fourth-order valence-electron chi connectivity index (χ4n) is 2.40. The van der Waals surface area contributed by atoms with Gasteiger partial charge in [0, 0.05) is 28.1 Å². The molecule has 1 aliphatic heterocycles. The molecule has 1 aliphatic rings. The number of rotatable bonds is 3. The highest BCUT2D eigenvalue weighted by Gasteiger charge is 2.32. The quantitative estimate of drug-likeness (QED) is 0.817. The molecule has 2 aromatic rings. The summed E-state index contributed by atoms with van der Waals surface area (Å²) in [6.07, 6.45) is 0. The molecule has 1 saturated heterocycles. The van der Waals surface area contributed by atoms with E-state index in [0.717, 1.165) is 22.5 Å². The van der Waals surface area contributed by atoms with Crippen molar-refractivity contribution in [2.24, 2.45) is 5.14 Å². The zero-order chi connectivity index (χ0) is 15.7. The topological polar surface area (TPSA) is 49.6 Å². The fraction of sp³-hybridized carbons (Fsp3) is 0.133. The van der Waals surface area contributed by atoms with Crippen molar-refractivity contribution in [3.05, 3.63) is 52.8 Å². The molecule has 0 atom stereocenters. The SMILES string of the molecule is NSc1ccc(N2CCN(c3ccc(Br)cc3F)C2=O)cc1. The molecular weight excluding hydrogens is 369 g/mol. The zero-order valence-corrected chi connectivity index (χ0v) is 13.9. The van der Waals surface area contributed by atoms with Crippen molar-refractivity contribution in [3.63, 3.8) is 0 Å². The predicted octanol–water partition coefficient (Wildman–Crippen LogP) is 4.00. The number of benzene rings is 2. The number of amides is 2. The van der Waals surface area contributed by atoms with Gasteiger partial charge in [-0.2, -0.15) is 0 Å². The summed E-state index contributed by atoms with van der Waals surface area (Å²) in [4.78, 5) is 16.5. The first-order valence-corrected chi connectivity index (χ1v) is 8.28. The monoisotopic (exact) mass is 381 g/mol. The van der Waals surface area contributed by atoms with Gasteiger partial charge >= 0.3 is 6.03 Å². The van der Waals surface area contributed by atoms with Gasteiger partial charge in [0.25, 0.3) is 0 Å². The van der Waals surface area contributed by atoms with Crippen LogP contribution in [0.25, 0.3) is 0 Å². The maximum absolute atomic E-state index is 14.0. The van der Waals surface area contributed by atoms with Gasteiger partial charge in [0.05, 0.1) is 5.69 Å². The lowest BCUT2D eigenvalue weighted by Gasteiger charge is -2.19. The van der Waals surface area contributed by atoms with Crippen LogP contribution in [0.3, 0.4) is 0 Å². The lowest BCUT2D eigenvalue weighted by molar-refractivity contribution is 0.255. The van der Waals surface area contributed by atoms with Gasteiger partial charge in [0.15, 0.2) is 0 Å². The summed E-state index contributed by atoms with van der Waals surface area (Å²) >= 11 is 4.37. The summed E-state index contributed by atoms with van der Waals surface area (Å²) < 4.78 is 14.7. The number of hydrogen-bond donors (Lipinski definition) is 1. The summed E-state index contributed by atoms with van der Waals surface area (Å²) in [5.74, 6) is -0.417. The number of anilines is 2. The van der Waals surface area contributed by atoms with E-state index in [0.29, 0.717) is 23.2 Å². The molecule has 22 heavy (non-hydrogen) atoms. The van der Waals surface area contributed by atoms with Crippen LogP contribution in [0.1, 0.15) is 0 Å². The van der Waals surface area contributed by atoms with Crippen LogP contribution in [0.2, 0.25) is 0 Å². The van der Waals surface area contributed by atoms with Crippen LogP contribution in [0.15, 0.2) is 51.8 Å². The maximum Gasteiger partial charge on any atom is 0.329 e. The zero-order valence-electron chi connectivity index (χ0n) is 11.5. The van der Waals surface area contributed by atoms with Crippen molar-refractivity contribution in [1.29, 1.82) is 0 Å². The minimum absolute atomic E-state index is 0.227. The summed E-state index contributed by atoms with van der Waals surface area (Å²) in [5.41, 5.74) is 1.08. The van der Waals surface area contributed by atoms with Crippen LogP contribution in [-0.4, -0.2) is 19.1 Å². The van der Waals surface area contributed by atoms with Crippen LogP contribution in [0.4, 0.5) is 20.6 Å². The summed E-state index contributed by atoms with van der Waals surface area (Å²) in [7, 11) is 0. The van der Waals surface area contributed by atoms with Gasteiger partial charge in [0.2, 0.25) is 0 Å². The Morgan fingerprint density at radius 3 is 2.41 bits per heavy atom. The molecule has 0 radical (unpaired) electrons. The Hall–Kier alpha value is -1.57.